The quantitative estimate of drug-likeness (QED) is 0.504. The van der Waals surface area contributed by atoms with E-state index in [1.165, 1.54) is 0 Å². The van der Waals surface area contributed by atoms with Crippen LogP contribution < -0.4 is 5.32 Å². The summed E-state index contributed by atoms with van der Waals surface area (Å²) < 4.78 is 0. The number of anilines is 2. The maximum Gasteiger partial charge on any atom is 0.339 e. The summed E-state index contributed by atoms with van der Waals surface area (Å²) in [5.41, 5.74) is 4.56. The first-order valence-corrected chi connectivity index (χ1v) is 9.49. The number of carboxylic acid groups (broad SMARTS) is 1. The van der Waals surface area contributed by atoms with E-state index < -0.39 is 5.97 Å². The third-order valence-corrected chi connectivity index (χ3v) is 5.13. The molecule has 0 amide bonds. The molecule has 6 heteroatoms. The van der Waals surface area contributed by atoms with Gasteiger partial charge in [-0.3, -0.25) is 0 Å². The number of hydrogen-bond donors (Lipinski definition) is 2. The normalized spacial score (nSPS) is 13.4. The highest BCUT2D eigenvalue weighted by molar-refractivity contribution is 5.96. The Kier molecular flexibility index (Phi) is 4.17. The third kappa shape index (κ3) is 3.40. The number of aromatic carboxylic acids is 1. The molecule has 1 aliphatic carbocycles. The van der Waals surface area contributed by atoms with E-state index in [9.17, 15) is 9.90 Å². The standard InChI is InChI=1S/C23H18N4O2/c28-23(29)19-10-16(14-6-7-14)12-24-22(19)27-17-8-9-18-20(11-17)25-13-26-21(18)15-4-2-1-3-5-15/h1-5,8-14H,6-7H2,(H,24,27)(H,28,29). The summed E-state index contributed by atoms with van der Waals surface area (Å²) in [7, 11) is 0. The summed E-state index contributed by atoms with van der Waals surface area (Å²) in [5, 5.41) is 13.7. The first-order chi connectivity index (χ1) is 14.2. The van der Waals surface area contributed by atoms with Crippen molar-refractivity contribution in [3.05, 3.63) is 78.2 Å². The summed E-state index contributed by atoms with van der Waals surface area (Å²) in [6, 6.07) is 17.4. The lowest BCUT2D eigenvalue weighted by Gasteiger charge is -2.11. The van der Waals surface area contributed by atoms with E-state index in [4.69, 9.17) is 0 Å². The molecular formula is C23H18N4O2. The lowest BCUT2D eigenvalue weighted by molar-refractivity contribution is 0.0697. The number of benzene rings is 2. The van der Waals surface area contributed by atoms with Crippen molar-refractivity contribution in [2.75, 3.05) is 5.32 Å². The highest BCUT2D eigenvalue weighted by Gasteiger charge is 2.26. The van der Waals surface area contributed by atoms with Crippen LogP contribution in [0.5, 0.6) is 0 Å². The Morgan fingerprint density at radius 3 is 2.59 bits per heavy atom. The Morgan fingerprint density at radius 1 is 1.00 bits per heavy atom. The van der Waals surface area contributed by atoms with E-state index in [0.717, 1.165) is 46.3 Å². The predicted octanol–water partition coefficient (Wildman–Crippen LogP) is 5.01. The summed E-state index contributed by atoms with van der Waals surface area (Å²) >= 11 is 0. The molecule has 2 aromatic carbocycles. The van der Waals surface area contributed by atoms with Crippen LogP contribution in [0.1, 0.15) is 34.7 Å². The first kappa shape index (κ1) is 17.3. The number of carboxylic acids is 1. The number of hydrogen-bond acceptors (Lipinski definition) is 5. The van der Waals surface area contributed by atoms with Gasteiger partial charge in [-0.15, -0.1) is 0 Å². The molecule has 5 rings (SSSR count). The highest BCUT2D eigenvalue weighted by atomic mass is 16.4. The van der Waals surface area contributed by atoms with Gasteiger partial charge < -0.3 is 10.4 Å². The Labute approximate surface area is 167 Å². The molecule has 2 heterocycles. The van der Waals surface area contributed by atoms with Gasteiger partial charge in [-0.05, 0) is 48.6 Å². The zero-order valence-electron chi connectivity index (χ0n) is 15.5. The molecule has 0 atom stereocenters. The van der Waals surface area contributed by atoms with Crippen molar-refractivity contribution in [1.29, 1.82) is 0 Å². The molecule has 29 heavy (non-hydrogen) atoms. The predicted molar refractivity (Wildman–Crippen MR) is 111 cm³/mol. The van der Waals surface area contributed by atoms with Gasteiger partial charge in [0.05, 0.1) is 11.2 Å². The molecule has 0 aliphatic heterocycles. The van der Waals surface area contributed by atoms with E-state index in [2.05, 4.69) is 20.3 Å². The van der Waals surface area contributed by atoms with Crippen LogP contribution in [-0.2, 0) is 0 Å². The molecule has 142 valence electrons. The zero-order chi connectivity index (χ0) is 19.8. The van der Waals surface area contributed by atoms with Gasteiger partial charge >= 0.3 is 5.97 Å². The molecule has 2 aromatic heterocycles. The van der Waals surface area contributed by atoms with Crippen molar-refractivity contribution in [3.63, 3.8) is 0 Å². The SMILES string of the molecule is O=C(O)c1cc(C2CC2)cnc1Nc1ccc2c(-c3ccccc3)ncnc2c1. The maximum absolute atomic E-state index is 11.7. The fourth-order valence-electron chi connectivity index (χ4n) is 3.48. The van der Waals surface area contributed by atoms with Gasteiger partial charge in [0.1, 0.15) is 17.7 Å². The second-order valence-corrected chi connectivity index (χ2v) is 7.19. The van der Waals surface area contributed by atoms with Gasteiger partial charge in [-0.1, -0.05) is 30.3 Å². The van der Waals surface area contributed by atoms with E-state index in [1.807, 2.05) is 48.5 Å². The fraction of sp³-hybridized carbons (Fsp3) is 0.130. The topological polar surface area (TPSA) is 88.0 Å². The van der Waals surface area contributed by atoms with Crippen LogP contribution in [-0.4, -0.2) is 26.0 Å². The minimum Gasteiger partial charge on any atom is -0.478 e. The molecule has 1 saturated carbocycles. The second-order valence-electron chi connectivity index (χ2n) is 7.19. The average Bonchev–Trinajstić information content (AvgIpc) is 3.59. The van der Waals surface area contributed by atoms with E-state index in [-0.39, 0.29) is 5.56 Å². The summed E-state index contributed by atoms with van der Waals surface area (Å²) in [6.45, 7) is 0. The largest absolute Gasteiger partial charge is 0.478 e. The van der Waals surface area contributed by atoms with Crippen molar-refractivity contribution >= 4 is 28.4 Å². The Morgan fingerprint density at radius 2 is 1.83 bits per heavy atom. The average molecular weight is 382 g/mol. The van der Waals surface area contributed by atoms with E-state index in [1.54, 1.807) is 18.6 Å². The van der Waals surface area contributed by atoms with Crippen molar-refractivity contribution in [1.82, 2.24) is 15.0 Å². The Balaban J connectivity index is 1.51. The lowest BCUT2D eigenvalue weighted by Crippen LogP contribution is -2.06. The number of nitrogens with one attached hydrogen (secondary N) is 1. The van der Waals surface area contributed by atoms with Crippen molar-refractivity contribution in [2.45, 2.75) is 18.8 Å². The lowest BCUT2D eigenvalue weighted by atomic mass is 10.1. The molecule has 0 radical (unpaired) electrons. The Hall–Kier alpha value is -3.80. The molecule has 0 spiro atoms. The molecule has 1 aliphatic rings. The highest BCUT2D eigenvalue weighted by Crippen LogP contribution is 2.40. The first-order valence-electron chi connectivity index (χ1n) is 9.49. The van der Waals surface area contributed by atoms with Crippen LogP contribution in [0.15, 0.2) is 67.1 Å². The molecular weight excluding hydrogens is 364 g/mol. The molecule has 2 N–H and O–H groups in total. The van der Waals surface area contributed by atoms with Gasteiger partial charge in [0.15, 0.2) is 0 Å². The van der Waals surface area contributed by atoms with Crippen LogP contribution in [0.3, 0.4) is 0 Å². The molecule has 1 fully saturated rings. The van der Waals surface area contributed by atoms with E-state index in [0.29, 0.717) is 11.7 Å². The van der Waals surface area contributed by atoms with Crippen LogP contribution in [0.2, 0.25) is 0 Å². The molecule has 0 unspecified atom stereocenters. The molecule has 6 nitrogen and oxygen atoms in total. The second kappa shape index (κ2) is 6.98. The van der Waals surface area contributed by atoms with Crippen LogP contribution in [0, 0.1) is 0 Å². The number of fused-ring (bicyclic) bond motifs is 1. The molecule has 0 saturated heterocycles. The third-order valence-electron chi connectivity index (χ3n) is 5.13. The maximum atomic E-state index is 11.7. The van der Waals surface area contributed by atoms with Gasteiger partial charge in [0.25, 0.3) is 0 Å². The minimum absolute atomic E-state index is 0.183. The molecule has 4 aromatic rings. The number of carbonyl (C=O) groups is 1. The van der Waals surface area contributed by atoms with Crippen molar-refractivity contribution in [2.24, 2.45) is 0 Å². The zero-order valence-corrected chi connectivity index (χ0v) is 15.5. The van der Waals surface area contributed by atoms with Gasteiger partial charge in [-0.2, -0.15) is 0 Å². The van der Waals surface area contributed by atoms with Crippen LogP contribution in [0.25, 0.3) is 22.2 Å². The van der Waals surface area contributed by atoms with Crippen LogP contribution in [0.4, 0.5) is 11.5 Å². The minimum atomic E-state index is -0.989. The van der Waals surface area contributed by atoms with Crippen LogP contribution >= 0.6 is 0 Å². The Bertz CT molecular complexity index is 1220. The number of aromatic nitrogens is 3. The van der Waals surface area contributed by atoms with Gasteiger partial charge in [-0.25, -0.2) is 19.7 Å². The number of pyridine rings is 1. The van der Waals surface area contributed by atoms with Crippen molar-refractivity contribution < 1.29 is 9.90 Å². The smallest absolute Gasteiger partial charge is 0.339 e. The van der Waals surface area contributed by atoms with E-state index >= 15 is 0 Å². The number of nitrogens with zero attached hydrogens (tertiary/aromatic N) is 3. The summed E-state index contributed by atoms with van der Waals surface area (Å²) in [6.07, 6.45) is 5.51. The van der Waals surface area contributed by atoms with Gasteiger partial charge in [0.2, 0.25) is 0 Å². The molecule has 0 bridgehead atoms. The van der Waals surface area contributed by atoms with Gasteiger partial charge in [0, 0.05) is 22.8 Å². The number of rotatable bonds is 5. The summed E-state index contributed by atoms with van der Waals surface area (Å²) in [4.78, 5) is 24.9. The fourth-order valence-corrected chi connectivity index (χ4v) is 3.48. The summed E-state index contributed by atoms with van der Waals surface area (Å²) in [5.74, 6) is -0.209. The monoisotopic (exact) mass is 382 g/mol. The van der Waals surface area contributed by atoms with Crippen molar-refractivity contribution in [3.8, 4) is 11.3 Å².